The van der Waals surface area contributed by atoms with Crippen molar-refractivity contribution in [2.45, 2.75) is 4.05 Å². The summed E-state index contributed by atoms with van der Waals surface area (Å²) in [5.74, 6) is 0. The summed E-state index contributed by atoms with van der Waals surface area (Å²) in [5, 5.41) is 3.34. The molecule has 0 amide bonds. The van der Waals surface area contributed by atoms with E-state index >= 15 is 0 Å². The molecule has 2 heteroatoms. The summed E-state index contributed by atoms with van der Waals surface area (Å²) in [6.45, 7) is 0. The molecule has 1 aliphatic rings. The minimum atomic E-state index is -0.0456. The fraction of sp³-hybridized carbons (Fsp3) is 0.0909. The van der Waals surface area contributed by atoms with Crippen LogP contribution in [0.4, 0.5) is 0 Å². The molecule has 0 fully saturated rings. The summed E-state index contributed by atoms with van der Waals surface area (Å²) < 4.78 is -0.0456. The predicted molar refractivity (Wildman–Crippen MR) is 49.5 cm³/mol. The first-order valence-corrected chi connectivity index (χ1v) is 5.35. The van der Waals surface area contributed by atoms with Crippen molar-refractivity contribution < 1.29 is 18.9 Å². The molecular formula is C11H10IrN. The molecule has 1 aliphatic heterocycles. The van der Waals surface area contributed by atoms with E-state index in [1.807, 2.05) is 18.3 Å². The van der Waals surface area contributed by atoms with Gasteiger partial charge in [0.15, 0.2) is 0 Å². The van der Waals surface area contributed by atoms with Crippen LogP contribution in [0, 0.1) is 0 Å². The van der Waals surface area contributed by atoms with Crippen molar-refractivity contribution in [3.05, 3.63) is 60.3 Å². The normalized spacial score (nSPS) is 25.7. The Morgan fingerprint density at radius 3 is 2.46 bits per heavy atom. The van der Waals surface area contributed by atoms with E-state index in [1.165, 1.54) is 5.56 Å². The molecule has 1 N–H and O–H groups in total. The van der Waals surface area contributed by atoms with Gasteiger partial charge in [-0.25, -0.2) is 0 Å². The van der Waals surface area contributed by atoms with E-state index in [0.717, 1.165) is 0 Å². The summed E-state index contributed by atoms with van der Waals surface area (Å²) >= 11 is 2.17. The monoisotopic (exact) mass is 349 g/mol. The molecule has 0 radical (unpaired) electrons. The number of benzene rings is 1. The quantitative estimate of drug-likeness (QED) is 0.819. The van der Waals surface area contributed by atoms with Crippen molar-refractivity contribution in [3.63, 3.8) is 0 Å². The summed E-state index contributed by atoms with van der Waals surface area (Å²) in [4.78, 5) is 0. The van der Waals surface area contributed by atoms with Crippen LogP contribution in [-0.4, -0.2) is 0 Å². The third-order valence-electron chi connectivity index (χ3n) is 1.99. The first kappa shape index (κ1) is 8.73. The van der Waals surface area contributed by atoms with Crippen LogP contribution in [-0.2, 0) is 23.0 Å². The van der Waals surface area contributed by atoms with Gasteiger partial charge in [-0.2, -0.15) is 0 Å². The van der Waals surface area contributed by atoms with E-state index in [4.69, 9.17) is 0 Å². The number of nitrogens with one attached hydrogen (secondary N) is 1. The van der Waals surface area contributed by atoms with Gasteiger partial charge in [0.2, 0.25) is 0 Å². The van der Waals surface area contributed by atoms with E-state index in [1.54, 1.807) is 0 Å². The summed E-state index contributed by atoms with van der Waals surface area (Å²) in [6.07, 6.45) is 8.23. The van der Waals surface area contributed by atoms with Crippen LogP contribution in [0.15, 0.2) is 54.8 Å². The molecule has 1 aromatic carbocycles. The average Bonchev–Trinajstić information content (AvgIpc) is 2.20. The Morgan fingerprint density at radius 1 is 1.08 bits per heavy atom. The van der Waals surface area contributed by atoms with Crippen LogP contribution in [0.25, 0.3) is 0 Å². The van der Waals surface area contributed by atoms with Gasteiger partial charge in [0.25, 0.3) is 0 Å². The van der Waals surface area contributed by atoms with Crippen LogP contribution < -0.4 is 5.32 Å². The second-order valence-corrected chi connectivity index (χ2v) is 4.79. The Balaban J connectivity index is 2.35. The van der Waals surface area contributed by atoms with Crippen LogP contribution >= 0.6 is 0 Å². The maximum atomic E-state index is 3.34. The van der Waals surface area contributed by atoms with Crippen molar-refractivity contribution >= 4 is 0 Å². The molecule has 0 aromatic heterocycles. The first-order valence-electron chi connectivity index (χ1n) is 4.15. The maximum absolute atomic E-state index is 3.34. The Hall–Kier alpha value is -0.851. The second-order valence-electron chi connectivity index (χ2n) is 2.91. The number of allylic oxidation sites excluding steroid dienone is 2. The first-order chi connectivity index (χ1) is 6.31. The van der Waals surface area contributed by atoms with Gasteiger partial charge in [-0.05, 0) is 0 Å². The molecule has 1 heterocycles. The van der Waals surface area contributed by atoms with Crippen LogP contribution in [0.2, 0.25) is 0 Å². The fourth-order valence-corrected chi connectivity index (χ4v) is 2.14. The van der Waals surface area contributed by atoms with Gasteiger partial charge in [-0.1, -0.05) is 0 Å². The van der Waals surface area contributed by atoms with Crippen molar-refractivity contribution in [2.75, 3.05) is 0 Å². The predicted octanol–water partition coefficient (Wildman–Crippen LogP) is 2.06. The van der Waals surface area contributed by atoms with Crippen LogP contribution in [0.3, 0.4) is 0 Å². The molecule has 2 rings (SSSR count). The third kappa shape index (κ3) is 1.74. The zero-order chi connectivity index (χ0) is 9.15. The van der Waals surface area contributed by atoms with Crippen molar-refractivity contribution in [1.29, 1.82) is 0 Å². The van der Waals surface area contributed by atoms with Gasteiger partial charge < -0.3 is 0 Å². The Labute approximate surface area is 88.7 Å². The number of hydrogen-bond donors (Lipinski definition) is 1. The molecular weight excluding hydrogens is 338 g/mol. The molecule has 1 unspecified atom stereocenters. The van der Waals surface area contributed by atoms with E-state index in [0.29, 0.717) is 0 Å². The average molecular weight is 348 g/mol. The summed E-state index contributed by atoms with van der Waals surface area (Å²) in [7, 11) is 0. The van der Waals surface area contributed by atoms with Crippen molar-refractivity contribution in [3.8, 4) is 0 Å². The minimum absolute atomic E-state index is 0.0456. The molecule has 1 nitrogen and oxygen atoms in total. The molecule has 0 saturated carbocycles. The Morgan fingerprint density at radius 2 is 1.85 bits per heavy atom. The molecule has 68 valence electrons. The van der Waals surface area contributed by atoms with Gasteiger partial charge in [-0.3, -0.25) is 0 Å². The second kappa shape index (κ2) is 3.49. The van der Waals surface area contributed by atoms with Crippen LogP contribution in [0.1, 0.15) is 5.56 Å². The fourth-order valence-electron chi connectivity index (χ4n) is 1.31. The van der Waals surface area contributed by atoms with Gasteiger partial charge in [0, 0.05) is 0 Å². The van der Waals surface area contributed by atoms with E-state index in [-0.39, 0.29) is 4.05 Å². The van der Waals surface area contributed by atoms with Crippen molar-refractivity contribution in [2.24, 2.45) is 0 Å². The third-order valence-corrected chi connectivity index (χ3v) is 3.43. The SMILES string of the molecule is [Ir][C]1(c2ccccc2)C=CC=CN1. The number of dihydropyridines is 1. The molecule has 13 heavy (non-hydrogen) atoms. The number of hydrogen-bond acceptors (Lipinski definition) is 1. The standard InChI is InChI=1S/C11H10N.Ir/c1-2-6-10(7-3-1)11-8-4-5-9-12-11;/h1-9,12H;. The van der Waals surface area contributed by atoms with Gasteiger partial charge >= 0.3 is 88.6 Å². The zero-order valence-electron chi connectivity index (χ0n) is 7.03. The van der Waals surface area contributed by atoms with Gasteiger partial charge in [0.1, 0.15) is 0 Å². The molecule has 1 aromatic rings. The van der Waals surface area contributed by atoms with E-state index < -0.39 is 0 Å². The Bertz CT molecular complexity index is 342. The topological polar surface area (TPSA) is 12.0 Å². The number of rotatable bonds is 1. The van der Waals surface area contributed by atoms with Gasteiger partial charge in [-0.15, -0.1) is 0 Å². The van der Waals surface area contributed by atoms with E-state index in [2.05, 4.69) is 60.6 Å². The molecule has 1 atom stereocenters. The van der Waals surface area contributed by atoms with E-state index in [9.17, 15) is 0 Å². The molecule has 0 saturated heterocycles. The van der Waals surface area contributed by atoms with Crippen molar-refractivity contribution in [1.82, 2.24) is 5.32 Å². The molecule has 0 aliphatic carbocycles. The van der Waals surface area contributed by atoms with Crippen LogP contribution in [0.5, 0.6) is 0 Å². The molecule has 0 spiro atoms. The summed E-state index contributed by atoms with van der Waals surface area (Å²) in [6, 6.07) is 10.4. The Kier molecular flexibility index (Phi) is 2.34. The molecule has 0 bridgehead atoms. The summed E-state index contributed by atoms with van der Waals surface area (Å²) in [5.41, 5.74) is 1.29. The zero-order valence-corrected chi connectivity index (χ0v) is 9.42. The van der Waals surface area contributed by atoms with Gasteiger partial charge in [0.05, 0.1) is 0 Å².